The van der Waals surface area contributed by atoms with E-state index in [1.807, 2.05) is 19.1 Å². The van der Waals surface area contributed by atoms with Gasteiger partial charge in [0.2, 0.25) is 8.32 Å². The lowest BCUT2D eigenvalue weighted by Gasteiger charge is -2.41. The summed E-state index contributed by atoms with van der Waals surface area (Å²) in [7, 11) is -0.484. The molecule has 0 aliphatic carbocycles. The van der Waals surface area contributed by atoms with Crippen molar-refractivity contribution < 1.29 is 14.0 Å². The van der Waals surface area contributed by atoms with E-state index in [-0.39, 0.29) is 5.97 Å². The van der Waals surface area contributed by atoms with Gasteiger partial charge in [0, 0.05) is 0 Å². The van der Waals surface area contributed by atoms with Gasteiger partial charge in [0.15, 0.2) is 0 Å². The maximum Gasteiger partial charge on any atom is 0.337 e. The van der Waals surface area contributed by atoms with Gasteiger partial charge >= 0.3 is 5.97 Å². The summed E-state index contributed by atoms with van der Waals surface area (Å²) in [6.07, 6.45) is 5.43. The highest BCUT2D eigenvalue weighted by Gasteiger charge is 2.44. The molecule has 0 rings (SSSR count). The number of esters is 1. The molecule has 3 nitrogen and oxygen atoms in total. The second-order valence-corrected chi connectivity index (χ2v) is 11.7. The van der Waals surface area contributed by atoms with Crippen molar-refractivity contribution in [1.29, 1.82) is 0 Å². The lowest BCUT2D eigenvalue weighted by Crippen LogP contribution is -2.47. The zero-order valence-electron chi connectivity index (χ0n) is 14.9. The fourth-order valence-electron chi connectivity index (χ4n) is 3.29. The fourth-order valence-corrected chi connectivity index (χ4v) is 8.66. The fraction of sp³-hybridized carbons (Fsp3) is 0.706. The van der Waals surface area contributed by atoms with Gasteiger partial charge in [-0.25, -0.2) is 4.79 Å². The van der Waals surface area contributed by atoms with Crippen LogP contribution in [0.15, 0.2) is 23.8 Å². The second-order valence-electron chi connectivity index (χ2n) is 6.28. The molecule has 21 heavy (non-hydrogen) atoms. The average molecular weight is 313 g/mol. The Balaban J connectivity index is 5.18. The largest absolute Gasteiger partial charge is 0.465 e. The summed E-state index contributed by atoms with van der Waals surface area (Å²) in [5, 5.41) is 0. The predicted molar refractivity (Wildman–Crippen MR) is 91.9 cm³/mol. The van der Waals surface area contributed by atoms with Crippen LogP contribution in [0, 0.1) is 0 Å². The van der Waals surface area contributed by atoms with Crippen molar-refractivity contribution >= 4 is 14.3 Å². The van der Waals surface area contributed by atoms with Crippen molar-refractivity contribution in [2.75, 3.05) is 13.7 Å². The lowest BCUT2D eigenvalue weighted by molar-refractivity contribution is -0.135. The molecule has 0 bridgehead atoms. The number of hydrogen-bond donors (Lipinski definition) is 0. The van der Waals surface area contributed by atoms with Crippen LogP contribution in [0.1, 0.15) is 48.5 Å². The van der Waals surface area contributed by atoms with E-state index in [1.54, 1.807) is 6.08 Å². The number of hydrogen-bond acceptors (Lipinski definition) is 3. The summed E-state index contributed by atoms with van der Waals surface area (Å²) in [6, 6.07) is 0. The molecule has 0 aliphatic heterocycles. The van der Waals surface area contributed by atoms with E-state index in [0.717, 1.165) is 0 Å². The van der Waals surface area contributed by atoms with Gasteiger partial charge < -0.3 is 9.16 Å². The molecule has 0 amide bonds. The van der Waals surface area contributed by atoms with Gasteiger partial charge in [-0.05, 0) is 29.6 Å². The Bertz CT molecular complexity index is 360. The van der Waals surface area contributed by atoms with E-state index >= 15 is 0 Å². The molecule has 0 aromatic heterocycles. The first kappa shape index (κ1) is 20.1. The Hall–Kier alpha value is -0.873. The van der Waals surface area contributed by atoms with Crippen molar-refractivity contribution in [3.8, 4) is 0 Å². The topological polar surface area (TPSA) is 35.5 Å². The summed E-state index contributed by atoms with van der Waals surface area (Å²) in [6.45, 7) is 15.9. The molecule has 0 heterocycles. The highest BCUT2D eigenvalue weighted by atomic mass is 28.4. The first-order valence-electron chi connectivity index (χ1n) is 7.79. The molecule has 0 aromatic rings. The summed E-state index contributed by atoms with van der Waals surface area (Å²) in [5.74, 6) is -0.317. The SMILES string of the molecule is C/C=C/C(=C/CO[Si](C(C)C)(C(C)C)C(C)C)C(=O)OC. The van der Waals surface area contributed by atoms with Crippen LogP contribution in [-0.4, -0.2) is 28.0 Å². The number of rotatable bonds is 8. The van der Waals surface area contributed by atoms with Gasteiger partial charge in [0.1, 0.15) is 0 Å². The Morgan fingerprint density at radius 2 is 1.52 bits per heavy atom. The maximum absolute atomic E-state index is 11.7. The highest BCUT2D eigenvalue weighted by molar-refractivity contribution is 6.77. The van der Waals surface area contributed by atoms with E-state index in [2.05, 4.69) is 41.5 Å². The Morgan fingerprint density at radius 1 is 1.05 bits per heavy atom. The summed E-state index contributed by atoms with van der Waals surface area (Å²) >= 11 is 0. The van der Waals surface area contributed by atoms with E-state index in [4.69, 9.17) is 9.16 Å². The third kappa shape index (κ3) is 5.11. The van der Waals surface area contributed by atoms with Crippen molar-refractivity contribution in [2.45, 2.75) is 65.1 Å². The Morgan fingerprint density at radius 3 is 1.86 bits per heavy atom. The molecule has 0 N–H and O–H groups in total. The lowest BCUT2D eigenvalue weighted by atomic mass is 10.2. The molecule has 4 heteroatoms. The Labute approximate surface area is 131 Å². The van der Waals surface area contributed by atoms with Gasteiger partial charge in [0.25, 0.3) is 0 Å². The van der Waals surface area contributed by atoms with E-state index in [1.165, 1.54) is 7.11 Å². The molecular weight excluding hydrogens is 280 g/mol. The van der Waals surface area contributed by atoms with Crippen LogP contribution in [0.25, 0.3) is 0 Å². The van der Waals surface area contributed by atoms with Gasteiger partial charge in [0.05, 0.1) is 19.3 Å². The van der Waals surface area contributed by atoms with E-state index in [0.29, 0.717) is 28.8 Å². The molecule has 0 saturated carbocycles. The average Bonchev–Trinajstić information content (AvgIpc) is 2.40. The third-order valence-electron chi connectivity index (χ3n) is 4.11. The molecule has 0 spiro atoms. The standard InChI is InChI=1S/C17H32O3Si/c1-9-10-16(17(18)19-8)11-12-20-21(13(2)3,14(4)5)15(6)7/h9-11,13-15H,12H2,1-8H3/b10-9+,16-11-. The van der Waals surface area contributed by atoms with Gasteiger partial charge in [-0.3, -0.25) is 0 Å². The summed E-state index contributed by atoms with van der Waals surface area (Å²) in [4.78, 5) is 11.7. The first-order valence-corrected chi connectivity index (χ1v) is 9.93. The number of ether oxygens (including phenoxy) is 1. The molecule has 0 fully saturated rings. The molecule has 122 valence electrons. The van der Waals surface area contributed by atoms with Crippen molar-refractivity contribution in [3.05, 3.63) is 23.8 Å². The van der Waals surface area contributed by atoms with E-state index < -0.39 is 8.32 Å². The number of allylic oxidation sites excluding steroid dienone is 1. The Kier molecular flexibility index (Phi) is 8.82. The second kappa shape index (κ2) is 9.21. The van der Waals surface area contributed by atoms with Crippen molar-refractivity contribution in [2.24, 2.45) is 0 Å². The number of methoxy groups -OCH3 is 1. The molecule has 0 aromatic carbocycles. The van der Waals surface area contributed by atoms with Gasteiger partial charge in [-0.1, -0.05) is 53.7 Å². The molecule has 0 aliphatic rings. The zero-order chi connectivity index (χ0) is 16.6. The molecular formula is C17H32O3Si. The van der Waals surface area contributed by atoms with Crippen LogP contribution >= 0.6 is 0 Å². The van der Waals surface area contributed by atoms with Gasteiger partial charge in [-0.2, -0.15) is 0 Å². The first-order chi connectivity index (χ1) is 9.73. The highest BCUT2D eigenvalue weighted by Crippen LogP contribution is 2.42. The number of carbonyl (C=O) groups excluding carboxylic acids is 1. The van der Waals surface area contributed by atoms with Crippen molar-refractivity contribution in [3.63, 3.8) is 0 Å². The monoisotopic (exact) mass is 312 g/mol. The quantitative estimate of drug-likeness (QED) is 0.278. The van der Waals surface area contributed by atoms with Gasteiger partial charge in [-0.15, -0.1) is 0 Å². The smallest absolute Gasteiger partial charge is 0.337 e. The van der Waals surface area contributed by atoms with Crippen LogP contribution < -0.4 is 0 Å². The molecule has 0 unspecified atom stereocenters. The third-order valence-corrected chi connectivity index (χ3v) is 10.2. The minimum atomic E-state index is -1.88. The zero-order valence-corrected chi connectivity index (χ0v) is 15.9. The van der Waals surface area contributed by atoms with Crippen molar-refractivity contribution in [1.82, 2.24) is 0 Å². The summed E-state index contributed by atoms with van der Waals surface area (Å²) in [5.41, 5.74) is 2.16. The minimum Gasteiger partial charge on any atom is -0.465 e. The van der Waals surface area contributed by atoms with Crippen LogP contribution in [-0.2, 0) is 14.0 Å². The minimum absolute atomic E-state index is 0.317. The summed E-state index contributed by atoms with van der Waals surface area (Å²) < 4.78 is 11.2. The normalized spacial score (nSPS) is 13.8. The van der Waals surface area contributed by atoms with E-state index in [9.17, 15) is 4.79 Å². The molecule has 0 radical (unpaired) electrons. The molecule has 0 saturated heterocycles. The maximum atomic E-state index is 11.7. The van der Waals surface area contributed by atoms with Crippen LogP contribution in [0.5, 0.6) is 0 Å². The predicted octanol–water partition coefficient (Wildman–Crippen LogP) is 4.85. The number of carbonyl (C=O) groups is 1. The van der Waals surface area contributed by atoms with Crippen LogP contribution in [0.4, 0.5) is 0 Å². The van der Waals surface area contributed by atoms with Crippen LogP contribution in [0.2, 0.25) is 16.6 Å². The van der Waals surface area contributed by atoms with Crippen LogP contribution in [0.3, 0.4) is 0 Å². The molecule has 0 atom stereocenters.